The van der Waals surface area contributed by atoms with Gasteiger partial charge in [-0.1, -0.05) is 0 Å². The second-order valence-corrected chi connectivity index (χ2v) is 5.20. The largest absolute Gasteiger partial charge is 0.385 e. The van der Waals surface area contributed by atoms with Crippen LogP contribution in [-0.2, 0) is 15.5 Å². The molecule has 4 heteroatoms. The second kappa shape index (κ2) is 5.67. The van der Waals surface area contributed by atoms with Gasteiger partial charge in [-0.2, -0.15) is 0 Å². The van der Waals surface area contributed by atoms with Crippen LogP contribution in [0.25, 0.3) is 0 Å². The molecule has 0 aromatic heterocycles. The predicted molar refractivity (Wildman–Crippen MR) is 52.6 cm³/mol. The zero-order chi connectivity index (χ0) is 9.61. The van der Waals surface area contributed by atoms with Crippen molar-refractivity contribution in [3.05, 3.63) is 0 Å². The molecule has 0 amide bonds. The highest BCUT2D eigenvalue weighted by atomic mass is 32.2. The molecule has 0 bridgehead atoms. The van der Waals surface area contributed by atoms with Gasteiger partial charge in [-0.3, -0.25) is 4.21 Å². The van der Waals surface area contributed by atoms with Crippen molar-refractivity contribution in [2.24, 2.45) is 5.73 Å². The fourth-order valence-electron chi connectivity index (χ4n) is 0.851. The van der Waals surface area contributed by atoms with Gasteiger partial charge in [0.25, 0.3) is 0 Å². The molecule has 0 aliphatic carbocycles. The van der Waals surface area contributed by atoms with Crippen LogP contribution in [0.2, 0.25) is 0 Å². The Kier molecular flexibility index (Phi) is 5.70. The molecule has 0 aromatic carbocycles. The Morgan fingerprint density at radius 1 is 1.50 bits per heavy atom. The van der Waals surface area contributed by atoms with Gasteiger partial charge >= 0.3 is 0 Å². The second-order valence-electron chi connectivity index (χ2n) is 3.62. The molecule has 0 saturated carbocycles. The number of hydrogen-bond donors (Lipinski definition) is 1. The monoisotopic (exact) mass is 193 g/mol. The number of nitrogens with two attached hydrogens (primary N) is 1. The van der Waals surface area contributed by atoms with Crippen LogP contribution in [0.4, 0.5) is 0 Å². The minimum Gasteiger partial charge on any atom is -0.385 e. The third kappa shape index (κ3) is 8.17. The first-order valence-electron chi connectivity index (χ1n) is 4.08. The SMILES string of the molecule is COCCCS(=O)CC(C)(C)N. The molecule has 2 N–H and O–H groups in total. The molecule has 1 unspecified atom stereocenters. The minimum atomic E-state index is -0.796. The summed E-state index contributed by atoms with van der Waals surface area (Å²) >= 11 is 0. The van der Waals surface area contributed by atoms with Gasteiger partial charge in [0, 0.05) is 41.6 Å². The molecule has 3 nitrogen and oxygen atoms in total. The first-order valence-corrected chi connectivity index (χ1v) is 5.57. The smallest absolute Gasteiger partial charge is 0.0471 e. The van der Waals surface area contributed by atoms with Crippen molar-refractivity contribution in [1.82, 2.24) is 0 Å². The zero-order valence-corrected chi connectivity index (χ0v) is 8.95. The average molecular weight is 193 g/mol. The van der Waals surface area contributed by atoms with Crippen LogP contribution in [-0.4, -0.2) is 35.0 Å². The molecule has 0 rings (SSSR count). The van der Waals surface area contributed by atoms with Crippen LogP contribution in [0, 0.1) is 0 Å². The highest BCUT2D eigenvalue weighted by Crippen LogP contribution is 2.00. The molecule has 1 atom stereocenters. The van der Waals surface area contributed by atoms with E-state index in [0.717, 1.165) is 6.42 Å². The van der Waals surface area contributed by atoms with Gasteiger partial charge in [-0.05, 0) is 20.3 Å². The summed E-state index contributed by atoms with van der Waals surface area (Å²) < 4.78 is 16.2. The lowest BCUT2D eigenvalue weighted by Gasteiger charge is -2.17. The molecule has 0 heterocycles. The Hall–Kier alpha value is 0.0700. The van der Waals surface area contributed by atoms with Gasteiger partial charge in [0.1, 0.15) is 0 Å². The van der Waals surface area contributed by atoms with E-state index in [1.165, 1.54) is 0 Å². The van der Waals surface area contributed by atoms with E-state index in [9.17, 15) is 4.21 Å². The van der Waals surface area contributed by atoms with E-state index in [4.69, 9.17) is 10.5 Å². The number of hydrogen-bond acceptors (Lipinski definition) is 3. The van der Waals surface area contributed by atoms with Gasteiger partial charge < -0.3 is 10.5 Å². The summed E-state index contributed by atoms with van der Waals surface area (Å²) in [5.74, 6) is 1.26. The molecule has 12 heavy (non-hydrogen) atoms. The summed E-state index contributed by atoms with van der Waals surface area (Å²) in [6, 6.07) is 0. The zero-order valence-electron chi connectivity index (χ0n) is 8.13. The molecule has 0 radical (unpaired) electrons. The summed E-state index contributed by atoms with van der Waals surface area (Å²) in [5, 5.41) is 0. The minimum absolute atomic E-state index is 0.321. The van der Waals surface area contributed by atoms with Crippen molar-refractivity contribution in [1.29, 1.82) is 0 Å². The van der Waals surface area contributed by atoms with Gasteiger partial charge in [0.15, 0.2) is 0 Å². The quantitative estimate of drug-likeness (QED) is 0.625. The molecule has 0 saturated heterocycles. The maximum Gasteiger partial charge on any atom is 0.0471 e. The molecule has 0 spiro atoms. The van der Waals surface area contributed by atoms with Crippen LogP contribution in [0.5, 0.6) is 0 Å². The van der Waals surface area contributed by atoms with E-state index in [1.54, 1.807) is 7.11 Å². The van der Waals surface area contributed by atoms with Gasteiger partial charge in [0.2, 0.25) is 0 Å². The van der Waals surface area contributed by atoms with Crippen molar-refractivity contribution in [2.75, 3.05) is 25.2 Å². The van der Waals surface area contributed by atoms with Crippen molar-refractivity contribution < 1.29 is 8.95 Å². The van der Waals surface area contributed by atoms with Crippen LogP contribution in [0.3, 0.4) is 0 Å². The van der Waals surface area contributed by atoms with E-state index in [2.05, 4.69) is 0 Å². The van der Waals surface area contributed by atoms with E-state index < -0.39 is 10.8 Å². The summed E-state index contributed by atoms with van der Waals surface area (Å²) in [6.07, 6.45) is 0.846. The Balaban J connectivity index is 3.47. The Morgan fingerprint density at radius 2 is 2.08 bits per heavy atom. The highest BCUT2D eigenvalue weighted by Gasteiger charge is 2.14. The lowest BCUT2D eigenvalue weighted by molar-refractivity contribution is 0.200. The summed E-state index contributed by atoms with van der Waals surface area (Å²) in [6.45, 7) is 4.46. The van der Waals surface area contributed by atoms with E-state index >= 15 is 0 Å². The number of rotatable bonds is 6. The summed E-state index contributed by atoms with van der Waals surface area (Å²) in [7, 11) is 0.853. The predicted octanol–water partition coefficient (Wildman–Crippen LogP) is 0.509. The molecule has 74 valence electrons. The molecular formula is C8H19NO2S. The van der Waals surface area contributed by atoms with Crippen LogP contribution in [0.1, 0.15) is 20.3 Å². The topological polar surface area (TPSA) is 52.3 Å². The van der Waals surface area contributed by atoms with Gasteiger partial charge in [0.05, 0.1) is 0 Å². The maximum absolute atomic E-state index is 11.3. The molecule has 0 aliphatic heterocycles. The molecule has 0 aliphatic rings. The van der Waals surface area contributed by atoms with Crippen molar-refractivity contribution >= 4 is 10.8 Å². The fraction of sp³-hybridized carbons (Fsp3) is 1.00. The first-order chi connectivity index (χ1) is 5.45. The van der Waals surface area contributed by atoms with Crippen molar-refractivity contribution in [3.8, 4) is 0 Å². The van der Waals surface area contributed by atoms with Crippen molar-refractivity contribution in [3.63, 3.8) is 0 Å². The van der Waals surface area contributed by atoms with E-state index in [0.29, 0.717) is 18.1 Å². The molecular weight excluding hydrogens is 174 g/mol. The molecule has 0 aromatic rings. The van der Waals surface area contributed by atoms with E-state index in [-0.39, 0.29) is 5.54 Å². The van der Waals surface area contributed by atoms with E-state index in [1.807, 2.05) is 13.8 Å². The third-order valence-corrected chi connectivity index (χ3v) is 3.06. The lowest BCUT2D eigenvalue weighted by atomic mass is 10.1. The summed E-state index contributed by atoms with van der Waals surface area (Å²) in [4.78, 5) is 0. The van der Waals surface area contributed by atoms with Crippen LogP contribution in [0.15, 0.2) is 0 Å². The lowest BCUT2D eigenvalue weighted by Crippen LogP contribution is -2.38. The third-order valence-electron chi connectivity index (χ3n) is 1.25. The average Bonchev–Trinajstić information content (AvgIpc) is 1.84. The van der Waals surface area contributed by atoms with Crippen LogP contribution >= 0.6 is 0 Å². The Morgan fingerprint density at radius 3 is 2.50 bits per heavy atom. The highest BCUT2D eigenvalue weighted by molar-refractivity contribution is 7.85. The first kappa shape index (κ1) is 12.1. The fourth-order valence-corrected chi connectivity index (χ4v) is 2.27. The number of methoxy groups -OCH3 is 1. The maximum atomic E-state index is 11.3. The Labute approximate surface area is 77.1 Å². The molecule has 0 fully saturated rings. The van der Waals surface area contributed by atoms with Gasteiger partial charge in [-0.15, -0.1) is 0 Å². The standard InChI is InChI=1S/C8H19NO2S/c1-8(2,9)7-12(10)6-4-5-11-3/h4-7,9H2,1-3H3. The van der Waals surface area contributed by atoms with Crippen LogP contribution < -0.4 is 5.73 Å². The van der Waals surface area contributed by atoms with Crippen molar-refractivity contribution in [2.45, 2.75) is 25.8 Å². The summed E-state index contributed by atoms with van der Waals surface area (Å²) in [5.41, 5.74) is 5.39. The number of ether oxygens (including phenoxy) is 1. The van der Waals surface area contributed by atoms with Gasteiger partial charge in [-0.25, -0.2) is 0 Å². The normalized spacial score (nSPS) is 14.7. The Bertz CT molecular complexity index is 142.